The van der Waals surface area contributed by atoms with Gasteiger partial charge in [0.05, 0.1) is 12.0 Å². The van der Waals surface area contributed by atoms with Gasteiger partial charge in [-0.15, -0.1) is 0 Å². The first-order valence-corrected chi connectivity index (χ1v) is 9.79. The highest BCUT2D eigenvalue weighted by atomic mass is 16.1. The van der Waals surface area contributed by atoms with E-state index >= 15 is 0 Å². The van der Waals surface area contributed by atoms with E-state index in [1.807, 2.05) is 54.9 Å². The fourth-order valence-corrected chi connectivity index (χ4v) is 4.35. The smallest absolute Gasteiger partial charge is 0.282 e. The van der Waals surface area contributed by atoms with Crippen LogP contribution in [0.2, 0.25) is 0 Å². The minimum atomic E-state index is -0.0754. The number of rotatable bonds is 3. The molecule has 0 saturated heterocycles. The minimum absolute atomic E-state index is 0.0754. The van der Waals surface area contributed by atoms with E-state index in [-0.39, 0.29) is 11.6 Å². The third-order valence-electron chi connectivity index (χ3n) is 5.81. The van der Waals surface area contributed by atoms with Crippen LogP contribution in [0.25, 0.3) is 27.8 Å². The summed E-state index contributed by atoms with van der Waals surface area (Å²) in [6, 6.07) is 24.3. The molecule has 0 radical (unpaired) electrons. The second kappa shape index (κ2) is 6.14. The molecule has 0 amide bonds. The predicted octanol–water partition coefficient (Wildman–Crippen LogP) is 4.46. The van der Waals surface area contributed by atoms with Gasteiger partial charge in [0.1, 0.15) is 16.7 Å². The van der Waals surface area contributed by atoms with Crippen molar-refractivity contribution >= 4 is 22.1 Å². The summed E-state index contributed by atoms with van der Waals surface area (Å²) in [7, 11) is 0. The zero-order valence-electron chi connectivity index (χ0n) is 15.6. The van der Waals surface area contributed by atoms with Crippen molar-refractivity contribution in [1.29, 1.82) is 0 Å². The molecule has 1 aliphatic carbocycles. The van der Waals surface area contributed by atoms with Gasteiger partial charge >= 0.3 is 0 Å². The van der Waals surface area contributed by atoms with Gasteiger partial charge in [-0.2, -0.15) is 0 Å². The van der Waals surface area contributed by atoms with Crippen LogP contribution in [0.3, 0.4) is 0 Å². The number of imidazole rings is 1. The molecule has 5 heteroatoms. The lowest BCUT2D eigenvalue weighted by molar-refractivity contribution is 0.734. The maximum absolute atomic E-state index is 13.7. The second-order valence-corrected chi connectivity index (χ2v) is 7.52. The monoisotopic (exact) mass is 378 g/mol. The average Bonchev–Trinajstić information content (AvgIpc) is 3.45. The van der Waals surface area contributed by atoms with E-state index in [1.54, 1.807) is 10.8 Å². The van der Waals surface area contributed by atoms with Crippen molar-refractivity contribution in [2.45, 2.75) is 18.4 Å². The van der Waals surface area contributed by atoms with Gasteiger partial charge in [-0.25, -0.2) is 9.97 Å². The molecule has 5 nitrogen and oxygen atoms in total. The van der Waals surface area contributed by atoms with Crippen molar-refractivity contribution in [2.24, 2.45) is 0 Å². The standard InChI is InChI=1S/C24H18N4O/c29-24-22-21(26-15-27(22)20-14-19(20)16-8-3-1-4-9-16)18-12-7-13-25-23(18)28(24)17-10-5-2-6-11-17/h1-13,15,19-20H,14H2. The van der Waals surface area contributed by atoms with Gasteiger partial charge in [0, 0.05) is 23.5 Å². The minimum Gasteiger partial charge on any atom is -0.322 e. The summed E-state index contributed by atoms with van der Waals surface area (Å²) in [6.45, 7) is 0. The van der Waals surface area contributed by atoms with Crippen LogP contribution in [-0.2, 0) is 0 Å². The molecule has 3 aromatic heterocycles. The maximum atomic E-state index is 13.7. The summed E-state index contributed by atoms with van der Waals surface area (Å²) >= 11 is 0. The van der Waals surface area contributed by atoms with Crippen molar-refractivity contribution < 1.29 is 0 Å². The molecule has 0 N–H and O–H groups in total. The van der Waals surface area contributed by atoms with Gasteiger partial charge in [0.15, 0.2) is 0 Å². The van der Waals surface area contributed by atoms with Gasteiger partial charge in [-0.05, 0) is 36.2 Å². The van der Waals surface area contributed by atoms with E-state index < -0.39 is 0 Å². The topological polar surface area (TPSA) is 52.7 Å². The third-order valence-corrected chi connectivity index (χ3v) is 5.81. The van der Waals surface area contributed by atoms with Crippen LogP contribution in [0.5, 0.6) is 0 Å². The molecule has 2 aromatic carbocycles. The summed E-state index contributed by atoms with van der Waals surface area (Å²) in [5.41, 5.74) is 4.06. The molecule has 6 rings (SSSR count). The fourth-order valence-electron chi connectivity index (χ4n) is 4.35. The summed E-state index contributed by atoms with van der Waals surface area (Å²) in [4.78, 5) is 22.8. The first kappa shape index (κ1) is 16.2. The Labute approximate surface area is 166 Å². The van der Waals surface area contributed by atoms with Crippen LogP contribution < -0.4 is 5.56 Å². The number of pyridine rings is 2. The van der Waals surface area contributed by atoms with E-state index in [0.717, 1.165) is 23.0 Å². The van der Waals surface area contributed by atoms with Gasteiger partial charge < -0.3 is 4.57 Å². The van der Waals surface area contributed by atoms with Crippen LogP contribution in [-0.4, -0.2) is 19.1 Å². The van der Waals surface area contributed by atoms with Gasteiger partial charge in [0.2, 0.25) is 0 Å². The first-order valence-electron chi connectivity index (χ1n) is 9.79. The van der Waals surface area contributed by atoms with Crippen LogP contribution in [0, 0.1) is 0 Å². The maximum Gasteiger partial charge on any atom is 0.282 e. The molecule has 1 aliphatic rings. The van der Waals surface area contributed by atoms with Crippen molar-refractivity contribution in [3.05, 3.63) is 101 Å². The average molecular weight is 378 g/mol. The lowest BCUT2D eigenvalue weighted by atomic mass is 10.1. The fraction of sp³-hybridized carbons (Fsp3) is 0.125. The Morgan fingerprint density at radius 1 is 0.862 bits per heavy atom. The molecule has 29 heavy (non-hydrogen) atoms. The number of benzene rings is 2. The molecule has 0 spiro atoms. The summed E-state index contributed by atoms with van der Waals surface area (Å²) in [5.74, 6) is 0.419. The Bertz CT molecular complexity index is 1400. The molecule has 2 unspecified atom stereocenters. The van der Waals surface area contributed by atoms with E-state index in [9.17, 15) is 4.79 Å². The molecular weight excluding hydrogens is 360 g/mol. The van der Waals surface area contributed by atoms with Crippen molar-refractivity contribution in [3.8, 4) is 5.69 Å². The predicted molar refractivity (Wildman–Crippen MR) is 113 cm³/mol. The van der Waals surface area contributed by atoms with Gasteiger partial charge in [-0.1, -0.05) is 48.5 Å². The Morgan fingerprint density at radius 2 is 1.62 bits per heavy atom. The molecule has 2 atom stereocenters. The molecule has 1 saturated carbocycles. The highest BCUT2D eigenvalue weighted by Gasteiger charge is 2.41. The molecule has 1 fully saturated rings. The summed E-state index contributed by atoms with van der Waals surface area (Å²) in [6.07, 6.45) is 4.56. The molecule has 3 heterocycles. The van der Waals surface area contributed by atoms with E-state index in [0.29, 0.717) is 17.1 Å². The number of para-hydroxylation sites is 1. The molecule has 5 aromatic rings. The van der Waals surface area contributed by atoms with E-state index in [1.165, 1.54) is 5.56 Å². The van der Waals surface area contributed by atoms with Gasteiger partial charge in [-0.3, -0.25) is 9.36 Å². The quantitative estimate of drug-likeness (QED) is 0.466. The number of aromatic nitrogens is 4. The SMILES string of the molecule is O=c1c2c(ncn2C2CC2c2ccccc2)c2cccnc2n1-c1ccccc1. The largest absolute Gasteiger partial charge is 0.322 e. The Hall–Kier alpha value is -3.73. The normalized spacial score (nSPS) is 18.3. The first-order chi connectivity index (χ1) is 14.3. The lowest BCUT2D eigenvalue weighted by Gasteiger charge is -2.11. The zero-order valence-corrected chi connectivity index (χ0v) is 15.6. The summed E-state index contributed by atoms with van der Waals surface area (Å²) in [5, 5.41) is 0.890. The second-order valence-electron chi connectivity index (χ2n) is 7.52. The Balaban J connectivity index is 1.61. The third kappa shape index (κ3) is 2.44. The van der Waals surface area contributed by atoms with Crippen molar-refractivity contribution in [3.63, 3.8) is 0 Å². The number of hydrogen-bond donors (Lipinski definition) is 0. The molecule has 0 aliphatic heterocycles. The number of fused-ring (bicyclic) bond motifs is 3. The lowest BCUT2D eigenvalue weighted by Crippen LogP contribution is -2.22. The van der Waals surface area contributed by atoms with Crippen LogP contribution >= 0.6 is 0 Å². The summed E-state index contributed by atoms with van der Waals surface area (Å²) < 4.78 is 3.77. The highest BCUT2D eigenvalue weighted by molar-refractivity contribution is 6.01. The van der Waals surface area contributed by atoms with Gasteiger partial charge in [0.25, 0.3) is 5.56 Å². The van der Waals surface area contributed by atoms with Crippen molar-refractivity contribution in [2.75, 3.05) is 0 Å². The number of hydrogen-bond acceptors (Lipinski definition) is 3. The highest BCUT2D eigenvalue weighted by Crippen LogP contribution is 2.52. The Morgan fingerprint density at radius 3 is 2.41 bits per heavy atom. The molecule has 0 bridgehead atoms. The molecule has 140 valence electrons. The number of nitrogens with zero attached hydrogens (tertiary/aromatic N) is 4. The van der Waals surface area contributed by atoms with Crippen LogP contribution in [0.4, 0.5) is 0 Å². The van der Waals surface area contributed by atoms with E-state index in [2.05, 4.69) is 38.8 Å². The molecular formula is C24H18N4O. The van der Waals surface area contributed by atoms with Crippen molar-refractivity contribution in [1.82, 2.24) is 19.1 Å². The van der Waals surface area contributed by atoms with E-state index in [4.69, 9.17) is 0 Å². The zero-order chi connectivity index (χ0) is 19.4. The van der Waals surface area contributed by atoms with Crippen LogP contribution in [0.1, 0.15) is 23.9 Å². The Kier molecular flexibility index (Phi) is 3.44. The van der Waals surface area contributed by atoms with Crippen LogP contribution in [0.15, 0.2) is 90.1 Å².